The molecule has 0 aromatic heterocycles. The summed E-state index contributed by atoms with van der Waals surface area (Å²) in [6.45, 7) is 1.93. The number of carbonyl (C=O) groups is 1. The Hall–Kier alpha value is -1.68. The summed E-state index contributed by atoms with van der Waals surface area (Å²) in [6.07, 6.45) is -17.1. The highest BCUT2D eigenvalue weighted by Crippen LogP contribution is 2.37. The Labute approximate surface area is 162 Å². The predicted molar refractivity (Wildman–Crippen MR) is 87.7 cm³/mol. The fourth-order valence-corrected chi connectivity index (χ4v) is 3.97. The molecule has 0 saturated carbocycles. The van der Waals surface area contributed by atoms with Gasteiger partial charge in [0, 0.05) is 37.7 Å². The summed E-state index contributed by atoms with van der Waals surface area (Å²) in [6, 6.07) is 7.32. The molecular weight excluding hydrogens is 414 g/mol. The van der Waals surface area contributed by atoms with Gasteiger partial charge in [-0.15, -0.1) is 0 Å². The third-order valence-corrected chi connectivity index (χ3v) is 5.16. The zero-order valence-corrected chi connectivity index (χ0v) is 15.2. The van der Waals surface area contributed by atoms with Gasteiger partial charge in [0.25, 0.3) is 6.10 Å². The van der Waals surface area contributed by atoms with Gasteiger partial charge in [-0.3, -0.25) is 4.90 Å². The average molecular weight is 431 g/mol. The van der Waals surface area contributed by atoms with E-state index in [-0.39, 0.29) is 24.9 Å². The van der Waals surface area contributed by atoms with Gasteiger partial charge >= 0.3 is 18.4 Å². The molecule has 1 amide bonds. The third kappa shape index (κ3) is 4.83. The van der Waals surface area contributed by atoms with E-state index < -0.39 is 24.5 Å². The van der Waals surface area contributed by atoms with Crippen molar-refractivity contribution in [2.75, 3.05) is 26.2 Å². The summed E-state index contributed by atoms with van der Waals surface area (Å²) >= 11 is 5.95. The van der Waals surface area contributed by atoms with Crippen molar-refractivity contribution in [1.29, 1.82) is 0 Å². The lowest BCUT2D eigenvalue weighted by atomic mass is 10.0. The Kier molecular flexibility index (Phi) is 5.73. The Morgan fingerprint density at radius 1 is 1.07 bits per heavy atom. The van der Waals surface area contributed by atoms with E-state index in [2.05, 4.69) is 9.64 Å². The van der Waals surface area contributed by atoms with E-state index in [1.54, 1.807) is 6.07 Å². The van der Waals surface area contributed by atoms with Crippen LogP contribution >= 0.6 is 11.6 Å². The highest BCUT2D eigenvalue weighted by atomic mass is 35.5. The third-order valence-electron chi connectivity index (χ3n) is 4.93. The van der Waals surface area contributed by atoms with Crippen LogP contribution in [0.5, 0.6) is 0 Å². The summed E-state index contributed by atoms with van der Waals surface area (Å²) in [5.74, 6) is -0.0519. The molecule has 1 aromatic carbocycles. The molecule has 2 atom stereocenters. The molecule has 0 aliphatic carbocycles. The van der Waals surface area contributed by atoms with E-state index in [1.807, 2.05) is 18.2 Å². The van der Waals surface area contributed by atoms with E-state index in [4.69, 9.17) is 11.6 Å². The minimum absolute atomic E-state index is 0.0260. The van der Waals surface area contributed by atoms with Gasteiger partial charge in [0.2, 0.25) is 0 Å². The quantitative estimate of drug-likeness (QED) is 0.669. The molecule has 0 radical (unpaired) electrons. The summed E-state index contributed by atoms with van der Waals surface area (Å²) in [5.41, 5.74) is 1.00. The fraction of sp³-hybridized carbons (Fsp3) is 0.588. The number of halogens is 7. The molecule has 2 aliphatic heterocycles. The first-order chi connectivity index (χ1) is 12.9. The Morgan fingerprint density at radius 3 is 2.14 bits per heavy atom. The minimum Gasteiger partial charge on any atom is -0.426 e. The maximum absolute atomic E-state index is 12.5. The lowest BCUT2D eigenvalue weighted by Crippen LogP contribution is -2.48. The van der Waals surface area contributed by atoms with Crippen LogP contribution in [0, 0.1) is 11.8 Å². The Balaban J connectivity index is 1.55. The molecule has 0 spiro atoms. The van der Waals surface area contributed by atoms with Crippen LogP contribution in [-0.4, -0.2) is 60.5 Å². The largest absolute Gasteiger partial charge is 0.434 e. The van der Waals surface area contributed by atoms with Crippen LogP contribution in [0.15, 0.2) is 24.3 Å². The number of carbonyl (C=O) groups excluding carboxylic acids is 1. The molecule has 28 heavy (non-hydrogen) atoms. The number of likely N-dealkylation sites (tertiary alicyclic amines) is 2. The van der Waals surface area contributed by atoms with Crippen molar-refractivity contribution >= 4 is 17.7 Å². The first-order valence-electron chi connectivity index (χ1n) is 8.49. The highest BCUT2D eigenvalue weighted by Gasteiger charge is 2.60. The van der Waals surface area contributed by atoms with Crippen molar-refractivity contribution in [2.24, 2.45) is 11.8 Å². The number of alkyl halides is 6. The Morgan fingerprint density at radius 2 is 1.64 bits per heavy atom. The number of nitrogens with zero attached hydrogens (tertiary/aromatic N) is 2. The van der Waals surface area contributed by atoms with Gasteiger partial charge in [-0.25, -0.2) is 4.79 Å². The van der Waals surface area contributed by atoms with Gasteiger partial charge in [-0.1, -0.05) is 23.7 Å². The number of ether oxygens (including phenoxy) is 1. The molecule has 2 heterocycles. The van der Waals surface area contributed by atoms with Gasteiger partial charge in [0.05, 0.1) is 0 Å². The normalized spacial score (nSPS) is 23.4. The van der Waals surface area contributed by atoms with Crippen LogP contribution < -0.4 is 0 Å². The van der Waals surface area contributed by atoms with Crippen molar-refractivity contribution in [3.05, 3.63) is 34.9 Å². The second-order valence-corrected chi connectivity index (χ2v) is 7.53. The summed E-state index contributed by atoms with van der Waals surface area (Å²) in [5, 5.41) is 0.606. The minimum atomic E-state index is -5.71. The first-order valence-corrected chi connectivity index (χ1v) is 8.87. The maximum Gasteiger partial charge on any atom is 0.434 e. The van der Waals surface area contributed by atoms with Gasteiger partial charge in [0.15, 0.2) is 0 Å². The molecular formula is C17H17ClF6N2O2. The van der Waals surface area contributed by atoms with E-state index in [1.165, 1.54) is 0 Å². The molecule has 4 nitrogen and oxygen atoms in total. The van der Waals surface area contributed by atoms with Crippen molar-refractivity contribution in [2.45, 2.75) is 25.0 Å². The molecule has 11 heteroatoms. The van der Waals surface area contributed by atoms with Crippen molar-refractivity contribution < 1.29 is 35.9 Å². The van der Waals surface area contributed by atoms with Gasteiger partial charge in [-0.2, -0.15) is 26.3 Å². The standard InChI is InChI=1S/C17H17ClF6N2O2/c18-13-3-1-2-10(4-13)5-25-6-11-8-26(9-12(11)7-25)15(27)28-14(16(19,20)21)17(22,23)24/h1-4,11-12,14H,5-9H2. The number of fused-ring (bicyclic) bond motifs is 1. The van der Waals surface area contributed by atoms with Crippen molar-refractivity contribution in [3.63, 3.8) is 0 Å². The monoisotopic (exact) mass is 430 g/mol. The van der Waals surface area contributed by atoms with Crippen LogP contribution in [0.2, 0.25) is 5.02 Å². The van der Waals surface area contributed by atoms with Crippen LogP contribution in [0.4, 0.5) is 31.1 Å². The van der Waals surface area contributed by atoms with Crippen LogP contribution in [0.1, 0.15) is 5.56 Å². The molecule has 0 bridgehead atoms. The van der Waals surface area contributed by atoms with E-state index in [0.717, 1.165) is 10.5 Å². The summed E-state index contributed by atoms with van der Waals surface area (Å²) in [7, 11) is 0. The molecule has 2 unspecified atom stereocenters. The smallest absolute Gasteiger partial charge is 0.426 e. The highest BCUT2D eigenvalue weighted by molar-refractivity contribution is 6.30. The second kappa shape index (κ2) is 7.62. The number of hydrogen-bond acceptors (Lipinski definition) is 3. The zero-order chi connectivity index (χ0) is 20.7. The molecule has 1 aromatic rings. The summed E-state index contributed by atoms with van der Waals surface area (Å²) in [4.78, 5) is 14.9. The first kappa shape index (κ1) is 21.0. The Bertz CT molecular complexity index is 698. The SMILES string of the molecule is O=C(OC(C(F)(F)F)C(F)(F)F)N1CC2CN(Cc3cccc(Cl)c3)CC2C1. The molecule has 2 saturated heterocycles. The van der Waals surface area contributed by atoms with E-state index in [0.29, 0.717) is 24.7 Å². The van der Waals surface area contributed by atoms with Gasteiger partial charge in [-0.05, 0) is 29.5 Å². The van der Waals surface area contributed by atoms with Gasteiger partial charge < -0.3 is 9.64 Å². The average Bonchev–Trinajstić information content (AvgIpc) is 3.08. The van der Waals surface area contributed by atoms with Gasteiger partial charge in [0.1, 0.15) is 0 Å². The fourth-order valence-electron chi connectivity index (χ4n) is 3.76. The van der Waals surface area contributed by atoms with E-state index in [9.17, 15) is 31.1 Å². The zero-order valence-electron chi connectivity index (χ0n) is 14.4. The maximum atomic E-state index is 12.5. The number of amides is 1. The van der Waals surface area contributed by atoms with Crippen LogP contribution in [0.3, 0.4) is 0 Å². The molecule has 0 N–H and O–H groups in total. The lowest BCUT2D eigenvalue weighted by molar-refractivity contribution is -0.308. The van der Waals surface area contributed by atoms with Crippen molar-refractivity contribution in [3.8, 4) is 0 Å². The summed E-state index contributed by atoms with van der Waals surface area (Å²) < 4.78 is 79.1. The second-order valence-electron chi connectivity index (χ2n) is 7.10. The number of rotatable bonds is 3. The topological polar surface area (TPSA) is 32.8 Å². The predicted octanol–water partition coefficient (Wildman–Crippen LogP) is 4.33. The molecule has 2 aliphatic rings. The molecule has 2 fully saturated rings. The van der Waals surface area contributed by atoms with Crippen molar-refractivity contribution in [1.82, 2.24) is 9.80 Å². The molecule has 156 valence electrons. The molecule has 3 rings (SSSR count). The lowest BCUT2D eigenvalue weighted by Gasteiger charge is -2.26. The van der Waals surface area contributed by atoms with E-state index >= 15 is 0 Å². The number of hydrogen-bond donors (Lipinski definition) is 0. The van der Waals surface area contributed by atoms with Crippen LogP contribution in [0.25, 0.3) is 0 Å². The number of benzene rings is 1. The van der Waals surface area contributed by atoms with Crippen LogP contribution in [-0.2, 0) is 11.3 Å².